The molecule has 0 aliphatic rings. The molecule has 0 fully saturated rings. The second-order valence-corrected chi connectivity index (χ2v) is 14.4. The van der Waals surface area contributed by atoms with Gasteiger partial charge in [-0.2, -0.15) is 0 Å². The van der Waals surface area contributed by atoms with Crippen LogP contribution in [-0.2, 0) is 0 Å². The smallest absolute Gasteiger partial charge is 0.0109 e. The van der Waals surface area contributed by atoms with Crippen molar-refractivity contribution in [3.8, 4) is 0 Å². The average molecular weight is 809 g/mol. The SMILES string of the molecule is NCCCCCCN(CCCN)CCCN.NCCCCCCNCCCN.NCCCN(CCCN)CCN(CCCN)CCCN.NCCCNCCN. The van der Waals surface area contributed by atoms with Crippen LogP contribution in [0, 0.1) is 0 Å². The lowest BCUT2D eigenvalue weighted by molar-refractivity contribution is 0.200. The van der Waals surface area contributed by atoms with Gasteiger partial charge < -0.3 is 88.4 Å². The van der Waals surface area contributed by atoms with Crippen molar-refractivity contribution in [2.45, 2.75) is 103 Å². The molecule has 0 bridgehead atoms. The van der Waals surface area contributed by atoms with Gasteiger partial charge in [-0.3, -0.25) is 0 Å². The van der Waals surface area contributed by atoms with Gasteiger partial charge in [0.05, 0.1) is 0 Å². The van der Waals surface area contributed by atoms with Crippen LogP contribution in [-0.4, -0.2) is 172 Å². The normalized spacial score (nSPS) is 11.0. The monoisotopic (exact) mass is 809 g/mol. The Morgan fingerprint density at radius 1 is 0.196 bits per heavy atom. The van der Waals surface area contributed by atoms with Crippen LogP contribution in [0.25, 0.3) is 0 Å². The van der Waals surface area contributed by atoms with Crippen molar-refractivity contribution in [2.75, 3.05) is 157 Å². The van der Waals surface area contributed by atoms with E-state index in [1.54, 1.807) is 0 Å². The van der Waals surface area contributed by atoms with Crippen molar-refractivity contribution in [3.63, 3.8) is 0 Å². The summed E-state index contributed by atoms with van der Waals surface area (Å²) in [4.78, 5) is 7.43. The van der Waals surface area contributed by atoms with Crippen molar-refractivity contribution in [2.24, 2.45) is 63.1 Å². The molecule has 0 unspecified atom stereocenters. The predicted molar refractivity (Wildman–Crippen MR) is 249 cm³/mol. The molecule has 0 atom stereocenters. The number of hydrogen-bond acceptors (Lipinski definition) is 16. The Kier molecular flexibility index (Phi) is 67.6. The molecule has 0 aromatic carbocycles. The fourth-order valence-electron chi connectivity index (χ4n) is 5.57. The topological polar surface area (TPSA) is 320 Å². The zero-order valence-corrected chi connectivity index (χ0v) is 37.0. The molecule has 0 spiro atoms. The molecule has 0 amide bonds. The third kappa shape index (κ3) is 60.0. The Balaban J connectivity index is -0.000000338. The van der Waals surface area contributed by atoms with E-state index in [4.69, 9.17) is 63.1 Å². The molecule has 0 heterocycles. The highest BCUT2D eigenvalue weighted by molar-refractivity contribution is 4.66. The average Bonchev–Trinajstić information content (AvgIpc) is 3.22. The van der Waals surface area contributed by atoms with E-state index in [-0.39, 0.29) is 0 Å². The van der Waals surface area contributed by atoms with Crippen LogP contribution in [0.2, 0.25) is 0 Å². The van der Waals surface area contributed by atoms with E-state index in [1.165, 1.54) is 51.5 Å². The van der Waals surface area contributed by atoms with Gasteiger partial charge in [0.1, 0.15) is 0 Å². The summed E-state index contributed by atoms with van der Waals surface area (Å²) in [7, 11) is 0. The molecule has 0 aromatic rings. The van der Waals surface area contributed by atoms with Gasteiger partial charge in [0.2, 0.25) is 0 Å². The molecular formula is C40H104N16. The summed E-state index contributed by atoms with van der Waals surface area (Å²) in [6.45, 7) is 22.4. The summed E-state index contributed by atoms with van der Waals surface area (Å²) in [5, 5.41) is 6.48. The predicted octanol–water partition coefficient (Wildman–Crippen LogP) is -1.18. The highest BCUT2D eigenvalue weighted by atomic mass is 15.2. The molecule has 16 heteroatoms. The van der Waals surface area contributed by atoms with E-state index in [0.29, 0.717) is 6.54 Å². The lowest BCUT2D eigenvalue weighted by atomic mass is 10.2. The van der Waals surface area contributed by atoms with Gasteiger partial charge in [-0.25, -0.2) is 0 Å². The van der Waals surface area contributed by atoms with Gasteiger partial charge >= 0.3 is 0 Å². The quantitative estimate of drug-likeness (QED) is 0.0323. The minimum atomic E-state index is 0.713. The second kappa shape index (κ2) is 61.0. The first-order valence-electron chi connectivity index (χ1n) is 22.8. The summed E-state index contributed by atoms with van der Waals surface area (Å²) >= 11 is 0. The molecule has 344 valence electrons. The van der Waals surface area contributed by atoms with E-state index in [2.05, 4.69) is 25.3 Å². The maximum Gasteiger partial charge on any atom is 0.0109 e. The van der Waals surface area contributed by atoms with Crippen LogP contribution in [0.1, 0.15) is 103 Å². The lowest BCUT2D eigenvalue weighted by Gasteiger charge is -2.27. The summed E-state index contributed by atoms with van der Waals surface area (Å²) < 4.78 is 0. The Hall–Kier alpha value is -0.640. The number of nitrogens with zero attached hydrogens (tertiary/aromatic N) is 3. The molecule has 0 aromatic heterocycles. The van der Waals surface area contributed by atoms with Crippen LogP contribution < -0.4 is 73.7 Å². The maximum absolute atomic E-state index is 5.60. The zero-order chi connectivity index (χ0) is 42.4. The molecular weight excluding hydrogens is 705 g/mol. The fourth-order valence-corrected chi connectivity index (χ4v) is 5.57. The standard InChI is InChI=1S/C14H36N6.C12H30N4.C9H23N3.C5H15N3/c15-5-1-9-19(10-2-6-16)13-14-20(11-3-7-17)12-4-8-18;13-7-3-1-2-4-10-16(11-5-8-14)12-6-9-15;10-6-3-1-2-4-8-12-9-5-7-11;6-2-1-4-8-5-3-7/h1-18H2;1-15H2;12H,1-11H2;8H,1-7H2. The van der Waals surface area contributed by atoms with Crippen LogP contribution in [0.15, 0.2) is 0 Å². The van der Waals surface area contributed by atoms with E-state index in [0.717, 1.165) is 202 Å². The van der Waals surface area contributed by atoms with Crippen LogP contribution in [0.5, 0.6) is 0 Å². The van der Waals surface area contributed by atoms with Crippen LogP contribution in [0.3, 0.4) is 0 Å². The van der Waals surface area contributed by atoms with E-state index < -0.39 is 0 Å². The van der Waals surface area contributed by atoms with Gasteiger partial charge in [-0.1, -0.05) is 25.7 Å². The second-order valence-electron chi connectivity index (χ2n) is 14.4. The first kappa shape index (κ1) is 62.0. The van der Waals surface area contributed by atoms with Crippen LogP contribution in [0.4, 0.5) is 0 Å². The lowest BCUT2D eigenvalue weighted by Crippen LogP contribution is -2.38. The van der Waals surface area contributed by atoms with Crippen molar-refractivity contribution >= 4 is 0 Å². The molecule has 0 radical (unpaired) electrons. The van der Waals surface area contributed by atoms with Gasteiger partial charge in [-0.15, -0.1) is 0 Å². The van der Waals surface area contributed by atoms with Crippen LogP contribution >= 0.6 is 0 Å². The Morgan fingerprint density at radius 3 is 0.768 bits per heavy atom. The van der Waals surface area contributed by atoms with Crippen molar-refractivity contribution in [1.29, 1.82) is 0 Å². The van der Waals surface area contributed by atoms with E-state index in [9.17, 15) is 0 Å². The van der Waals surface area contributed by atoms with E-state index >= 15 is 0 Å². The number of unbranched alkanes of at least 4 members (excludes halogenated alkanes) is 6. The number of nitrogens with two attached hydrogens (primary N) is 11. The minimum absolute atomic E-state index is 0.713. The molecule has 0 aliphatic carbocycles. The Bertz CT molecular complexity index is 567. The molecule has 56 heavy (non-hydrogen) atoms. The zero-order valence-electron chi connectivity index (χ0n) is 37.0. The van der Waals surface area contributed by atoms with Crippen molar-refractivity contribution < 1.29 is 0 Å². The molecule has 0 saturated carbocycles. The molecule has 16 nitrogen and oxygen atoms in total. The number of hydrogen-bond donors (Lipinski definition) is 13. The summed E-state index contributed by atoms with van der Waals surface area (Å²) in [5.74, 6) is 0. The highest BCUT2D eigenvalue weighted by Gasteiger charge is 2.09. The maximum atomic E-state index is 5.60. The van der Waals surface area contributed by atoms with Crippen molar-refractivity contribution in [3.05, 3.63) is 0 Å². The van der Waals surface area contributed by atoms with E-state index in [1.807, 2.05) is 0 Å². The highest BCUT2D eigenvalue weighted by Crippen LogP contribution is 2.03. The molecule has 24 N–H and O–H groups in total. The minimum Gasteiger partial charge on any atom is -0.330 e. The summed E-state index contributed by atoms with van der Waals surface area (Å²) in [6, 6.07) is 0. The Labute approximate surface area is 347 Å². The summed E-state index contributed by atoms with van der Waals surface area (Å²) in [5.41, 5.74) is 60.1. The third-order valence-corrected chi connectivity index (χ3v) is 8.98. The van der Waals surface area contributed by atoms with Gasteiger partial charge in [0, 0.05) is 26.2 Å². The largest absolute Gasteiger partial charge is 0.330 e. The first-order chi connectivity index (χ1) is 27.5. The first-order valence-corrected chi connectivity index (χ1v) is 22.8. The van der Waals surface area contributed by atoms with Gasteiger partial charge in [0.25, 0.3) is 0 Å². The molecule has 0 saturated heterocycles. The van der Waals surface area contributed by atoms with Gasteiger partial charge in [0.15, 0.2) is 0 Å². The number of rotatable bonds is 41. The number of nitrogens with one attached hydrogen (secondary N) is 2. The van der Waals surface area contributed by atoms with Gasteiger partial charge in [-0.05, 0) is 208 Å². The fraction of sp³-hybridized carbons (Fsp3) is 1.00. The van der Waals surface area contributed by atoms with Crippen molar-refractivity contribution in [1.82, 2.24) is 25.3 Å². The molecule has 0 aliphatic heterocycles. The molecule has 0 rings (SSSR count). The Morgan fingerprint density at radius 2 is 0.446 bits per heavy atom. The third-order valence-electron chi connectivity index (χ3n) is 8.98. The summed E-state index contributed by atoms with van der Waals surface area (Å²) in [6.07, 6.45) is 18.5.